The molecule has 0 amide bonds. The van der Waals surface area contributed by atoms with E-state index in [4.69, 9.17) is 9.47 Å². The van der Waals surface area contributed by atoms with Gasteiger partial charge in [-0.2, -0.15) is 0 Å². The molecule has 2 N–H and O–H groups in total. The molecule has 234 valence electrons. The lowest BCUT2D eigenvalue weighted by atomic mass is 10.0. The Morgan fingerprint density at radius 2 is 0.955 bits per heavy atom. The highest BCUT2D eigenvalue weighted by Crippen LogP contribution is 2.33. The van der Waals surface area contributed by atoms with Crippen LogP contribution in [0.5, 0.6) is 11.5 Å². The molecule has 0 aliphatic carbocycles. The van der Waals surface area contributed by atoms with Crippen LogP contribution in [0.15, 0.2) is 60.7 Å². The Kier molecular flexibility index (Phi) is 12.2. The van der Waals surface area contributed by atoms with Crippen molar-refractivity contribution in [3.8, 4) is 11.5 Å². The fraction of sp³-hybridized carbons (Fsp3) is 0.421. The van der Waals surface area contributed by atoms with Crippen LogP contribution in [0.25, 0.3) is 24.3 Å². The molecule has 3 aromatic carbocycles. The number of benzene rings is 3. The molecule has 3 aromatic rings. The quantitative estimate of drug-likeness (QED) is 0.152. The van der Waals surface area contributed by atoms with Crippen LogP contribution in [0.1, 0.15) is 61.8 Å². The van der Waals surface area contributed by atoms with Crippen LogP contribution in [0.3, 0.4) is 0 Å². The molecule has 2 aliphatic rings. The maximum absolute atomic E-state index is 6.36. The Balaban J connectivity index is 1.37. The first kappa shape index (κ1) is 31.7. The van der Waals surface area contributed by atoms with Crippen molar-refractivity contribution < 1.29 is 9.47 Å². The summed E-state index contributed by atoms with van der Waals surface area (Å²) in [6.45, 7) is 14.2. The van der Waals surface area contributed by atoms with E-state index in [1.54, 1.807) is 0 Å². The molecule has 2 heterocycles. The van der Waals surface area contributed by atoms with E-state index in [1.807, 2.05) is 0 Å². The second kappa shape index (κ2) is 16.9. The molecule has 0 bridgehead atoms. The zero-order valence-corrected chi connectivity index (χ0v) is 26.7. The topological polar surface area (TPSA) is 49.0 Å². The van der Waals surface area contributed by atoms with Crippen LogP contribution in [-0.4, -0.2) is 65.6 Å². The molecule has 2 fully saturated rings. The van der Waals surface area contributed by atoms with Crippen LogP contribution in [0, 0.1) is 0 Å². The molecule has 0 atom stereocenters. The van der Waals surface area contributed by atoms with Crippen LogP contribution >= 0.6 is 0 Å². The van der Waals surface area contributed by atoms with E-state index in [9.17, 15) is 0 Å². The Morgan fingerprint density at radius 1 is 0.568 bits per heavy atom. The SMILES string of the molecule is CCCCOc1cc(C=Cc2ccc(N3CCNCC3)cc2)c(OCCCC)cc1C=Cc1ccc(N2CCNCC2)cc1. The third-order valence-electron chi connectivity index (χ3n) is 8.31. The number of rotatable bonds is 14. The van der Waals surface area contributed by atoms with Gasteiger partial charge in [-0.25, -0.2) is 0 Å². The van der Waals surface area contributed by atoms with E-state index in [0.717, 1.165) is 101 Å². The van der Waals surface area contributed by atoms with Crippen LogP contribution in [0.4, 0.5) is 11.4 Å². The molecule has 0 spiro atoms. The highest BCUT2D eigenvalue weighted by molar-refractivity contribution is 5.79. The number of ether oxygens (including phenoxy) is 2. The Hall–Kier alpha value is -3.74. The molecule has 2 saturated heterocycles. The lowest BCUT2D eigenvalue weighted by Crippen LogP contribution is -2.43. The van der Waals surface area contributed by atoms with Gasteiger partial charge in [0.05, 0.1) is 13.2 Å². The van der Waals surface area contributed by atoms with Gasteiger partial charge in [-0.05, 0) is 60.4 Å². The van der Waals surface area contributed by atoms with Gasteiger partial charge in [-0.1, -0.05) is 75.3 Å². The standard InChI is InChI=1S/C38H50N4O2/c1-3-5-27-43-37-29-34(14-8-32-11-17-36(18-12-32)42-25-21-40-22-26-42)38(44-28-6-4-2)30-33(37)13-7-31-9-15-35(16-10-31)41-23-19-39-20-24-41/h7-18,29-30,39-40H,3-6,19-28H2,1-2H3. The van der Waals surface area contributed by atoms with Gasteiger partial charge in [0.2, 0.25) is 0 Å². The fourth-order valence-electron chi connectivity index (χ4n) is 5.57. The Labute approximate surface area is 264 Å². The highest BCUT2D eigenvalue weighted by Gasteiger charge is 2.13. The van der Waals surface area contributed by atoms with Crippen molar-refractivity contribution in [3.05, 3.63) is 82.9 Å². The zero-order chi connectivity index (χ0) is 30.4. The van der Waals surface area contributed by atoms with Gasteiger partial charge in [-0.15, -0.1) is 0 Å². The minimum Gasteiger partial charge on any atom is -0.493 e. The van der Waals surface area contributed by atoms with Crippen LogP contribution in [0.2, 0.25) is 0 Å². The number of anilines is 2. The largest absolute Gasteiger partial charge is 0.493 e. The highest BCUT2D eigenvalue weighted by atomic mass is 16.5. The second-order valence-corrected chi connectivity index (χ2v) is 11.7. The first-order chi connectivity index (χ1) is 21.7. The summed E-state index contributed by atoms with van der Waals surface area (Å²) in [6.07, 6.45) is 12.9. The molecule has 0 radical (unpaired) electrons. The number of nitrogens with zero attached hydrogens (tertiary/aromatic N) is 2. The van der Waals surface area contributed by atoms with Crippen molar-refractivity contribution in [3.63, 3.8) is 0 Å². The van der Waals surface area contributed by atoms with Gasteiger partial charge in [0, 0.05) is 74.9 Å². The maximum atomic E-state index is 6.36. The van der Waals surface area contributed by atoms with E-state index >= 15 is 0 Å². The molecule has 0 unspecified atom stereocenters. The summed E-state index contributed by atoms with van der Waals surface area (Å²) in [5, 5.41) is 6.86. The van der Waals surface area contributed by atoms with Crippen molar-refractivity contribution in [2.24, 2.45) is 0 Å². The van der Waals surface area contributed by atoms with Gasteiger partial charge in [0.1, 0.15) is 11.5 Å². The van der Waals surface area contributed by atoms with E-state index in [0.29, 0.717) is 13.2 Å². The maximum Gasteiger partial charge on any atom is 0.127 e. The summed E-state index contributed by atoms with van der Waals surface area (Å²) in [6, 6.07) is 22.0. The molecule has 6 nitrogen and oxygen atoms in total. The number of piperazine rings is 2. The van der Waals surface area contributed by atoms with Gasteiger partial charge in [0.25, 0.3) is 0 Å². The summed E-state index contributed by atoms with van der Waals surface area (Å²) in [7, 11) is 0. The smallest absolute Gasteiger partial charge is 0.127 e. The number of unbranched alkanes of at least 4 members (excludes halogenated alkanes) is 2. The average Bonchev–Trinajstić information content (AvgIpc) is 3.08. The predicted molar refractivity (Wildman–Crippen MR) is 188 cm³/mol. The van der Waals surface area contributed by atoms with Crippen molar-refractivity contribution in [2.75, 3.05) is 75.4 Å². The van der Waals surface area contributed by atoms with Crippen LogP contribution < -0.4 is 29.9 Å². The molecular formula is C38H50N4O2. The zero-order valence-electron chi connectivity index (χ0n) is 26.7. The molecule has 0 saturated carbocycles. The summed E-state index contributed by atoms with van der Waals surface area (Å²) in [5.74, 6) is 1.78. The van der Waals surface area contributed by atoms with Crippen molar-refractivity contribution in [2.45, 2.75) is 39.5 Å². The first-order valence-electron chi connectivity index (χ1n) is 16.6. The molecule has 44 heavy (non-hydrogen) atoms. The third-order valence-corrected chi connectivity index (χ3v) is 8.31. The number of hydrogen-bond donors (Lipinski definition) is 2. The van der Waals surface area contributed by atoms with Gasteiger partial charge >= 0.3 is 0 Å². The summed E-state index contributed by atoms with van der Waals surface area (Å²) < 4.78 is 12.7. The van der Waals surface area contributed by atoms with Crippen molar-refractivity contribution in [1.82, 2.24) is 10.6 Å². The fourth-order valence-corrected chi connectivity index (χ4v) is 5.57. The summed E-state index contributed by atoms with van der Waals surface area (Å²) in [5.41, 5.74) is 6.99. The lowest BCUT2D eigenvalue weighted by Gasteiger charge is -2.29. The molecular weight excluding hydrogens is 544 g/mol. The third kappa shape index (κ3) is 9.13. The van der Waals surface area contributed by atoms with Crippen molar-refractivity contribution in [1.29, 1.82) is 0 Å². The second-order valence-electron chi connectivity index (χ2n) is 11.7. The molecule has 5 rings (SSSR count). The van der Waals surface area contributed by atoms with Crippen molar-refractivity contribution >= 4 is 35.7 Å². The molecule has 0 aromatic heterocycles. The van der Waals surface area contributed by atoms with Crippen LogP contribution in [-0.2, 0) is 0 Å². The van der Waals surface area contributed by atoms with Gasteiger partial charge < -0.3 is 29.9 Å². The van der Waals surface area contributed by atoms with E-state index in [1.165, 1.54) is 22.5 Å². The van der Waals surface area contributed by atoms with E-state index in [-0.39, 0.29) is 0 Å². The Morgan fingerprint density at radius 3 is 1.32 bits per heavy atom. The van der Waals surface area contributed by atoms with E-state index in [2.05, 4.69) is 119 Å². The lowest BCUT2D eigenvalue weighted by molar-refractivity contribution is 0.300. The Bertz CT molecular complexity index is 1230. The minimum atomic E-state index is 0.698. The normalized spacial score (nSPS) is 15.8. The first-order valence-corrected chi connectivity index (χ1v) is 16.6. The minimum absolute atomic E-state index is 0.698. The summed E-state index contributed by atoms with van der Waals surface area (Å²) in [4.78, 5) is 4.88. The average molecular weight is 595 g/mol. The number of hydrogen-bond acceptors (Lipinski definition) is 6. The summed E-state index contributed by atoms with van der Waals surface area (Å²) >= 11 is 0. The predicted octanol–water partition coefficient (Wildman–Crippen LogP) is 7.20. The molecule has 2 aliphatic heterocycles. The monoisotopic (exact) mass is 594 g/mol. The number of nitrogens with one attached hydrogen (secondary N) is 2. The van der Waals surface area contributed by atoms with E-state index < -0.39 is 0 Å². The van der Waals surface area contributed by atoms with Gasteiger partial charge in [-0.3, -0.25) is 0 Å². The van der Waals surface area contributed by atoms with Gasteiger partial charge in [0.15, 0.2) is 0 Å². The molecule has 6 heteroatoms.